The molecule has 2 fully saturated rings. The first-order chi connectivity index (χ1) is 19.6. The fourth-order valence-corrected chi connectivity index (χ4v) is 6.75. The molecule has 2 aliphatic heterocycles. The second-order valence-electron chi connectivity index (χ2n) is 12.7. The minimum absolute atomic E-state index is 0.0557. The first-order valence-electron chi connectivity index (χ1n) is 14.4. The summed E-state index contributed by atoms with van der Waals surface area (Å²) in [7, 11) is -1.16. The zero-order valence-electron chi connectivity index (χ0n) is 24.3. The Bertz CT molecular complexity index is 1570. The number of aryl methyl sites for hydroxylation is 1. The average Bonchev–Trinajstić information content (AvgIpc) is 3.64. The monoisotopic (exact) mass is 577 g/mol. The first-order valence-corrected chi connectivity index (χ1v) is 18.1. The molecule has 218 valence electrons. The maximum absolute atomic E-state index is 11.5. The fourth-order valence-electron chi connectivity index (χ4n) is 5.99. The van der Waals surface area contributed by atoms with Crippen LogP contribution in [0.3, 0.4) is 0 Å². The molecule has 0 bridgehead atoms. The van der Waals surface area contributed by atoms with E-state index in [0.29, 0.717) is 31.4 Å². The van der Waals surface area contributed by atoms with Gasteiger partial charge in [-0.3, -0.25) is 0 Å². The number of nitrogens with zero attached hydrogens (tertiary/aromatic N) is 6. The standard InChI is InChI=1S/C29H39N7O4Si/c1-20-22-6-5-21(17-24(22)36(33-20)19-39-15-16-41(2,3)4)30-27-31-23-7-14-40-25(23)26(32-27)34-11-8-29(9-12-34)10-13-35(18-29)28(37)38/h5-7,14,17H,8-13,15-16,18-19H2,1-4H3,(H,37,38)(H,30,31,32). The second kappa shape index (κ2) is 10.6. The van der Waals surface area contributed by atoms with E-state index in [4.69, 9.17) is 24.2 Å². The Morgan fingerprint density at radius 2 is 1.93 bits per heavy atom. The lowest BCUT2D eigenvalue weighted by Crippen LogP contribution is -2.42. The van der Waals surface area contributed by atoms with Crippen LogP contribution >= 0.6 is 0 Å². The predicted molar refractivity (Wildman–Crippen MR) is 162 cm³/mol. The molecule has 0 aliphatic carbocycles. The van der Waals surface area contributed by atoms with Crippen molar-refractivity contribution in [2.75, 3.05) is 43.0 Å². The number of piperidine rings is 1. The Morgan fingerprint density at radius 1 is 1.15 bits per heavy atom. The summed E-state index contributed by atoms with van der Waals surface area (Å²) in [4.78, 5) is 24.9. The molecule has 1 aromatic carbocycles. The summed E-state index contributed by atoms with van der Waals surface area (Å²) >= 11 is 0. The van der Waals surface area contributed by atoms with Crippen molar-refractivity contribution >= 4 is 53.6 Å². The van der Waals surface area contributed by atoms with Gasteiger partial charge >= 0.3 is 6.09 Å². The third kappa shape index (κ3) is 5.75. The maximum atomic E-state index is 11.5. The number of nitrogens with one attached hydrogen (secondary N) is 1. The summed E-state index contributed by atoms with van der Waals surface area (Å²) in [5, 5.41) is 18.6. The minimum atomic E-state index is -1.16. The van der Waals surface area contributed by atoms with Gasteiger partial charge in [-0.25, -0.2) is 14.5 Å². The molecule has 41 heavy (non-hydrogen) atoms. The number of aromatic nitrogens is 4. The highest BCUT2D eigenvalue weighted by molar-refractivity contribution is 6.76. The van der Waals surface area contributed by atoms with E-state index in [0.717, 1.165) is 78.6 Å². The van der Waals surface area contributed by atoms with Gasteiger partial charge in [0.25, 0.3) is 0 Å². The molecule has 3 aromatic heterocycles. The Balaban J connectivity index is 1.20. The van der Waals surface area contributed by atoms with Crippen molar-refractivity contribution in [2.24, 2.45) is 5.41 Å². The lowest BCUT2D eigenvalue weighted by Gasteiger charge is -2.39. The predicted octanol–water partition coefficient (Wildman–Crippen LogP) is 5.91. The van der Waals surface area contributed by atoms with Crippen LogP contribution in [0.1, 0.15) is 25.0 Å². The quantitative estimate of drug-likeness (QED) is 0.194. The highest BCUT2D eigenvalue weighted by Crippen LogP contribution is 2.42. The van der Waals surface area contributed by atoms with Gasteiger partial charge in [0.2, 0.25) is 5.95 Å². The van der Waals surface area contributed by atoms with E-state index in [-0.39, 0.29) is 5.41 Å². The molecule has 6 rings (SSSR count). The van der Waals surface area contributed by atoms with E-state index in [1.807, 2.05) is 23.7 Å². The molecule has 1 spiro atoms. The number of likely N-dealkylation sites (tertiary alicyclic amines) is 1. The number of anilines is 3. The van der Waals surface area contributed by atoms with Crippen molar-refractivity contribution in [3.63, 3.8) is 0 Å². The summed E-state index contributed by atoms with van der Waals surface area (Å²) in [6, 6.07) is 9.14. The van der Waals surface area contributed by atoms with Gasteiger partial charge in [0.05, 0.1) is 17.5 Å². The highest BCUT2D eigenvalue weighted by Gasteiger charge is 2.42. The Labute approximate surface area is 240 Å². The zero-order chi connectivity index (χ0) is 28.8. The van der Waals surface area contributed by atoms with E-state index in [9.17, 15) is 9.90 Å². The van der Waals surface area contributed by atoms with Crippen LogP contribution < -0.4 is 10.2 Å². The van der Waals surface area contributed by atoms with E-state index in [1.54, 1.807) is 11.2 Å². The normalized spacial score (nSPS) is 17.3. The molecule has 0 unspecified atom stereocenters. The molecule has 4 aromatic rings. The van der Waals surface area contributed by atoms with Crippen LogP contribution in [0, 0.1) is 12.3 Å². The molecule has 11 nitrogen and oxygen atoms in total. The Kier molecular flexibility index (Phi) is 7.14. The van der Waals surface area contributed by atoms with Crippen LogP contribution in [0.5, 0.6) is 0 Å². The lowest BCUT2D eigenvalue weighted by molar-refractivity contribution is 0.0815. The summed E-state index contributed by atoms with van der Waals surface area (Å²) < 4.78 is 13.7. The molecule has 5 heterocycles. The largest absolute Gasteiger partial charge is 0.465 e. The van der Waals surface area contributed by atoms with E-state index >= 15 is 0 Å². The van der Waals surface area contributed by atoms with Crippen LogP contribution in [0.2, 0.25) is 25.7 Å². The number of carboxylic acid groups (broad SMARTS) is 1. The molecule has 2 N–H and O–H groups in total. The molecule has 1 amide bonds. The molecular formula is C29H39N7O4Si. The number of carbonyl (C=O) groups is 1. The van der Waals surface area contributed by atoms with E-state index < -0.39 is 14.2 Å². The van der Waals surface area contributed by atoms with Crippen molar-refractivity contribution in [2.45, 2.75) is 58.6 Å². The molecule has 2 aliphatic rings. The van der Waals surface area contributed by atoms with Crippen molar-refractivity contribution in [1.29, 1.82) is 0 Å². The van der Waals surface area contributed by atoms with Crippen LogP contribution in [-0.4, -0.2) is 76.7 Å². The molecule has 0 radical (unpaired) electrons. The number of furan rings is 1. The van der Waals surface area contributed by atoms with Crippen LogP contribution in [0.4, 0.5) is 22.2 Å². The van der Waals surface area contributed by atoms with Gasteiger partial charge in [-0.05, 0) is 55.8 Å². The van der Waals surface area contributed by atoms with E-state index in [2.05, 4.69) is 42.0 Å². The Morgan fingerprint density at radius 3 is 2.66 bits per heavy atom. The van der Waals surface area contributed by atoms with Crippen LogP contribution in [-0.2, 0) is 11.5 Å². The molecule has 0 atom stereocenters. The first kappa shape index (κ1) is 27.5. The van der Waals surface area contributed by atoms with Gasteiger partial charge in [-0.15, -0.1) is 0 Å². The van der Waals surface area contributed by atoms with Gasteiger partial charge in [-0.2, -0.15) is 10.1 Å². The van der Waals surface area contributed by atoms with Gasteiger partial charge in [0.15, 0.2) is 11.4 Å². The van der Waals surface area contributed by atoms with Crippen molar-refractivity contribution in [3.8, 4) is 0 Å². The topological polar surface area (TPSA) is 122 Å². The van der Waals surface area contributed by atoms with E-state index in [1.165, 1.54) is 0 Å². The summed E-state index contributed by atoms with van der Waals surface area (Å²) in [6.07, 6.45) is 3.59. The lowest BCUT2D eigenvalue weighted by atomic mass is 9.78. The van der Waals surface area contributed by atoms with Gasteiger partial charge in [0, 0.05) is 58.0 Å². The molecule has 2 saturated heterocycles. The number of fused-ring (bicyclic) bond motifs is 2. The minimum Gasteiger partial charge on any atom is -0.465 e. The van der Waals surface area contributed by atoms with Gasteiger partial charge in [-0.1, -0.05) is 19.6 Å². The Hall–Kier alpha value is -3.64. The van der Waals surface area contributed by atoms with Gasteiger partial charge < -0.3 is 29.4 Å². The third-order valence-corrected chi connectivity index (χ3v) is 10.2. The summed E-state index contributed by atoms with van der Waals surface area (Å²) in [5.74, 6) is 1.27. The van der Waals surface area contributed by atoms with Crippen molar-refractivity contribution < 1.29 is 19.1 Å². The zero-order valence-corrected chi connectivity index (χ0v) is 25.3. The summed E-state index contributed by atoms with van der Waals surface area (Å²) in [5.41, 5.74) is 4.30. The molecule has 12 heteroatoms. The SMILES string of the molecule is Cc1nn(COCC[Si](C)(C)C)c2cc(Nc3nc(N4CCC5(CCN(C(=O)O)C5)CC4)c4occc4n3)ccc12. The fraction of sp³-hybridized carbons (Fsp3) is 0.517. The smallest absolute Gasteiger partial charge is 0.407 e. The number of hydrogen-bond donors (Lipinski definition) is 2. The number of benzene rings is 1. The number of hydrogen-bond acceptors (Lipinski definition) is 8. The number of amides is 1. The second-order valence-corrected chi connectivity index (χ2v) is 18.4. The van der Waals surface area contributed by atoms with Crippen LogP contribution in [0.25, 0.3) is 22.0 Å². The molecule has 0 saturated carbocycles. The van der Waals surface area contributed by atoms with Crippen molar-refractivity contribution in [1.82, 2.24) is 24.6 Å². The number of ether oxygens (including phenoxy) is 1. The third-order valence-electron chi connectivity index (χ3n) is 8.52. The van der Waals surface area contributed by atoms with Gasteiger partial charge in [0.1, 0.15) is 12.2 Å². The van der Waals surface area contributed by atoms with Crippen molar-refractivity contribution in [3.05, 3.63) is 36.2 Å². The number of rotatable bonds is 8. The average molecular weight is 578 g/mol. The maximum Gasteiger partial charge on any atom is 0.407 e. The molecular weight excluding hydrogens is 538 g/mol. The summed E-state index contributed by atoms with van der Waals surface area (Å²) in [6.45, 7) is 13.0. The highest BCUT2D eigenvalue weighted by atomic mass is 28.3. The van der Waals surface area contributed by atoms with Crippen LogP contribution in [0.15, 0.2) is 34.9 Å².